The Morgan fingerprint density at radius 3 is 2.63 bits per heavy atom. The van der Waals surface area contributed by atoms with Crippen LogP contribution in [-0.2, 0) is 6.54 Å². The molecule has 1 atom stereocenters. The molecule has 1 aliphatic rings. The third kappa shape index (κ3) is 3.22. The SMILES string of the molecule is CC(C)n1cc(CN2CCC(c3c(C(N)=O)sc4ccccc34)C2)c2ccccc21. The number of thiophene rings is 1. The standard InChI is InChI=1S/C25H27N3OS/c1-16(2)28-15-18(19-7-3-5-9-21(19)28)14-27-12-11-17(13-27)23-20-8-4-6-10-22(20)30-24(23)25(26)29/h3-10,15-17H,11-14H2,1-2H3,(H2,26,29). The van der Waals surface area contributed by atoms with Gasteiger partial charge in [0.15, 0.2) is 0 Å². The predicted molar refractivity (Wildman–Crippen MR) is 125 cm³/mol. The minimum absolute atomic E-state index is 0.301. The number of aromatic nitrogens is 1. The van der Waals surface area contributed by atoms with Crippen molar-refractivity contribution < 1.29 is 4.79 Å². The number of carbonyl (C=O) groups is 1. The number of likely N-dealkylation sites (tertiary alicyclic amines) is 1. The highest BCUT2D eigenvalue weighted by Gasteiger charge is 2.30. The van der Waals surface area contributed by atoms with Crippen molar-refractivity contribution in [1.29, 1.82) is 0 Å². The molecule has 5 heteroatoms. The second kappa shape index (κ2) is 7.56. The summed E-state index contributed by atoms with van der Waals surface area (Å²) < 4.78 is 3.52. The first-order valence-electron chi connectivity index (χ1n) is 10.6. The smallest absolute Gasteiger partial charge is 0.259 e. The summed E-state index contributed by atoms with van der Waals surface area (Å²) in [4.78, 5) is 15.4. The second-order valence-corrected chi connectivity index (χ2v) is 9.65. The summed E-state index contributed by atoms with van der Waals surface area (Å²) in [6.45, 7) is 7.39. The maximum Gasteiger partial charge on any atom is 0.259 e. The fourth-order valence-corrected chi connectivity index (χ4v) is 6.08. The van der Waals surface area contributed by atoms with Gasteiger partial charge in [0, 0.05) is 46.8 Å². The van der Waals surface area contributed by atoms with Gasteiger partial charge >= 0.3 is 0 Å². The normalized spacial score (nSPS) is 17.5. The lowest BCUT2D eigenvalue weighted by Crippen LogP contribution is -2.20. The molecule has 2 aromatic heterocycles. The molecule has 30 heavy (non-hydrogen) atoms. The van der Waals surface area contributed by atoms with E-state index in [1.165, 1.54) is 33.2 Å². The first-order valence-corrected chi connectivity index (χ1v) is 11.5. The van der Waals surface area contributed by atoms with Crippen LogP contribution in [0.4, 0.5) is 0 Å². The van der Waals surface area contributed by atoms with Gasteiger partial charge in [-0.15, -0.1) is 11.3 Å². The lowest BCUT2D eigenvalue weighted by Gasteiger charge is -2.16. The van der Waals surface area contributed by atoms with Gasteiger partial charge in [-0.3, -0.25) is 9.69 Å². The van der Waals surface area contributed by atoms with Gasteiger partial charge in [-0.2, -0.15) is 0 Å². The molecule has 0 radical (unpaired) electrons. The van der Waals surface area contributed by atoms with Crippen LogP contribution in [0.15, 0.2) is 54.7 Å². The van der Waals surface area contributed by atoms with E-state index in [0.29, 0.717) is 12.0 Å². The van der Waals surface area contributed by atoms with Crippen LogP contribution in [0.3, 0.4) is 0 Å². The Labute approximate surface area is 180 Å². The summed E-state index contributed by atoms with van der Waals surface area (Å²) in [7, 11) is 0. The number of primary amides is 1. The monoisotopic (exact) mass is 417 g/mol. The zero-order chi connectivity index (χ0) is 20.8. The summed E-state index contributed by atoms with van der Waals surface area (Å²) in [6.07, 6.45) is 3.38. The number of nitrogens with two attached hydrogens (primary N) is 1. The molecule has 0 aliphatic carbocycles. The molecule has 0 bridgehead atoms. The van der Waals surface area contributed by atoms with Gasteiger partial charge in [0.2, 0.25) is 0 Å². The topological polar surface area (TPSA) is 51.3 Å². The van der Waals surface area contributed by atoms with Crippen LogP contribution in [-0.4, -0.2) is 28.5 Å². The minimum Gasteiger partial charge on any atom is -0.365 e. The van der Waals surface area contributed by atoms with Crippen LogP contribution >= 0.6 is 11.3 Å². The van der Waals surface area contributed by atoms with Gasteiger partial charge in [0.25, 0.3) is 5.91 Å². The molecule has 1 saturated heterocycles. The quantitative estimate of drug-likeness (QED) is 0.464. The number of hydrogen-bond donors (Lipinski definition) is 1. The van der Waals surface area contributed by atoms with E-state index < -0.39 is 0 Å². The van der Waals surface area contributed by atoms with E-state index >= 15 is 0 Å². The lowest BCUT2D eigenvalue weighted by molar-refractivity contribution is 0.100. The number of para-hydroxylation sites is 1. The number of rotatable bonds is 5. The first kappa shape index (κ1) is 19.3. The Morgan fingerprint density at radius 1 is 1.13 bits per heavy atom. The van der Waals surface area contributed by atoms with Gasteiger partial charge in [0.05, 0.1) is 4.88 Å². The third-order valence-corrected chi connectivity index (χ3v) is 7.51. The molecule has 1 fully saturated rings. The van der Waals surface area contributed by atoms with Crippen LogP contribution in [0.5, 0.6) is 0 Å². The van der Waals surface area contributed by atoms with Crippen LogP contribution in [0.25, 0.3) is 21.0 Å². The Morgan fingerprint density at radius 2 is 1.87 bits per heavy atom. The first-order chi connectivity index (χ1) is 14.5. The van der Waals surface area contributed by atoms with Gasteiger partial charge in [-0.1, -0.05) is 36.4 Å². The van der Waals surface area contributed by atoms with Crippen molar-refractivity contribution in [2.45, 2.75) is 38.8 Å². The Balaban J connectivity index is 1.44. The Bertz CT molecular complexity index is 1240. The number of nitrogens with zero attached hydrogens (tertiary/aromatic N) is 2. The summed E-state index contributed by atoms with van der Waals surface area (Å²) in [6, 6.07) is 17.4. The zero-order valence-corrected chi connectivity index (χ0v) is 18.3. The minimum atomic E-state index is -0.301. The van der Waals surface area contributed by atoms with Gasteiger partial charge in [-0.25, -0.2) is 0 Å². The van der Waals surface area contributed by atoms with E-state index in [4.69, 9.17) is 5.73 Å². The molecule has 0 spiro atoms. The predicted octanol–water partition coefficient (Wildman–Crippen LogP) is 5.53. The van der Waals surface area contributed by atoms with Crippen LogP contribution < -0.4 is 5.73 Å². The van der Waals surface area contributed by atoms with Crippen molar-refractivity contribution in [3.8, 4) is 0 Å². The highest BCUT2D eigenvalue weighted by atomic mass is 32.1. The van der Waals surface area contributed by atoms with E-state index in [9.17, 15) is 4.79 Å². The molecule has 1 aliphatic heterocycles. The third-order valence-electron chi connectivity index (χ3n) is 6.31. The fourth-order valence-electron chi connectivity index (χ4n) is 4.94. The molecule has 1 amide bonds. The van der Waals surface area contributed by atoms with E-state index in [0.717, 1.165) is 41.2 Å². The molecular formula is C25H27N3OS. The highest BCUT2D eigenvalue weighted by Crippen LogP contribution is 2.40. The molecule has 4 nitrogen and oxygen atoms in total. The van der Waals surface area contributed by atoms with Crippen LogP contribution in [0, 0.1) is 0 Å². The number of benzene rings is 2. The van der Waals surface area contributed by atoms with Crippen molar-refractivity contribution in [3.05, 3.63) is 70.7 Å². The van der Waals surface area contributed by atoms with E-state index in [1.807, 2.05) is 6.07 Å². The largest absolute Gasteiger partial charge is 0.365 e. The number of carbonyl (C=O) groups excluding carboxylic acids is 1. The molecular weight excluding hydrogens is 390 g/mol. The van der Waals surface area contributed by atoms with Crippen molar-refractivity contribution >= 4 is 38.2 Å². The Kier molecular flexibility index (Phi) is 4.88. The number of fused-ring (bicyclic) bond motifs is 2. The summed E-state index contributed by atoms with van der Waals surface area (Å²) in [5, 5.41) is 2.54. The van der Waals surface area contributed by atoms with Gasteiger partial charge in [-0.05, 0) is 55.5 Å². The van der Waals surface area contributed by atoms with Crippen LogP contribution in [0.1, 0.15) is 53.0 Å². The van der Waals surface area contributed by atoms with E-state index in [1.54, 1.807) is 0 Å². The summed E-state index contributed by atoms with van der Waals surface area (Å²) >= 11 is 1.54. The van der Waals surface area contributed by atoms with E-state index in [-0.39, 0.29) is 5.91 Å². The second-order valence-electron chi connectivity index (χ2n) is 8.60. The lowest BCUT2D eigenvalue weighted by atomic mass is 9.95. The van der Waals surface area contributed by atoms with Crippen molar-refractivity contribution in [1.82, 2.24) is 9.47 Å². The van der Waals surface area contributed by atoms with Crippen molar-refractivity contribution in [2.24, 2.45) is 5.73 Å². The maximum atomic E-state index is 12.1. The number of hydrogen-bond acceptors (Lipinski definition) is 3. The number of amides is 1. The Hall–Kier alpha value is -2.63. The molecule has 2 aromatic carbocycles. The van der Waals surface area contributed by atoms with Crippen LogP contribution in [0.2, 0.25) is 0 Å². The summed E-state index contributed by atoms with van der Waals surface area (Å²) in [5.41, 5.74) is 9.60. The van der Waals surface area contributed by atoms with E-state index in [2.05, 4.69) is 72.0 Å². The fraction of sp³-hybridized carbons (Fsp3) is 0.320. The molecule has 154 valence electrons. The average Bonchev–Trinajstić information content (AvgIpc) is 3.43. The zero-order valence-electron chi connectivity index (χ0n) is 17.5. The highest BCUT2D eigenvalue weighted by molar-refractivity contribution is 7.21. The van der Waals surface area contributed by atoms with Gasteiger partial charge in [0.1, 0.15) is 0 Å². The molecule has 5 rings (SSSR count). The molecule has 0 saturated carbocycles. The molecule has 2 N–H and O–H groups in total. The molecule has 4 aromatic rings. The average molecular weight is 418 g/mol. The molecule has 1 unspecified atom stereocenters. The molecule has 3 heterocycles. The van der Waals surface area contributed by atoms with Crippen molar-refractivity contribution in [2.75, 3.05) is 13.1 Å². The maximum absolute atomic E-state index is 12.1. The van der Waals surface area contributed by atoms with Gasteiger partial charge < -0.3 is 10.3 Å². The summed E-state index contributed by atoms with van der Waals surface area (Å²) in [5.74, 6) is 0.0479. The van der Waals surface area contributed by atoms with Crippen molar-refractivity contribution in [3.63, 3.8) is 0 Å².